The highest BCUT2D eigenvalue weighted by molar-refractivity contribution is 5.84. The van der Waals surface area contributed by atoms with E-state index in [-0.39, 0.29) is 13.0 Å². The number of nitrogens with zero attached hydrogens (tertiary/aromatic N) is 1. The van der Waals surface area contributed by atoms with Crippen LogP contribution in [0.25, 0.3) is 0 Å². The topological polar surface area (TPSA) is 86.5 Å². The average molecular weight is 279 g/mol. The lowest BCUT2D eigenvalue weighted by atomic mass is 9.96. The third-order valence-corrected chi connectivity index (χ3v) is 2.80. The molecule has 0 radical (unpaired) electrons. The Labute approximate surface area is 116 Å². The maximum Gasteiger partial charge on any atom is 0.313 e. The van der Waals surface area contributed by atoms with Crippen LogP contribution in [0.3, 0.4) is 0 Å². The molecule has 0 aliphatic carbocycles. The van der Waals surface area contributed by atoms with Gasteiger partial charge in [-0.25, -0.2) is 0 Å². The summed E-state index contributed by atoms with van der Waals surface area (Å²) in [5.74, 6) is -1.84. The fraction of sp³-hybridized carbons (Fsp3) is 0.429. The SMILES string of the molecule is CC(=O)OC(=O)CC(CCc1ccccc1)C[N+](=O)[O-]. The highest BCUT2D eigenvalue weighted by atomic mass is 16.6. The van der Waals surface area contributed by atoms with Gasteiger partial charge in [0.05, 0.1) is 6.42 Å². The Morgan fingerprint density at radius 3 is 2.50 bits per heavy atom. The molecule has 0 bridgehead atoms. The Hall–Kier alpha value is -2.24. The van der Waals surface area contributed by atoms with Crippen molar-refractivity contribution in [1.29, 1.82) is 0 Å². The normalized spacial score (nSPS) is 11.7. The van der Waals surface area contributed by atoms with Gasteiger partial charge in [-0.2, -0.15) is 0 Å². The van der Waals surface area contributed by atoms with Crippen LogP contribution in [-0.4, -0.2) is 23.4 Å². The first-order valence-corrected chi connectivity index (χ1v) is 6.34. The number of hydrogen-bond acceptors (Lipinski definition) is 5. The van der Waals surface area contributed by atoms with Crippen LogP contribution in [0.5, 0.6) is 0 Å². The van der Waals surface area contributed by atoms with Crippen LogP contribution in [0, 0.1) is 16.0 Å². The molecule has 108 valence electrons. The Morgan fingerprint density at radius 1 is 1.30 bits per heavy atom. The van der Waals surface area contributed by atoms with Gasteiger partial charge in [0, 0.05) is 17.8 Å². The van der Waals surface area contributed by atoms with Crippen molar-refractivity contribution in [3.63, 3.8) is 0 Å². The van der Waals surface area contributed by atoms with E-state index in [1.54, 1.807) is 0 Å². The van der Waals surface area contributed by atoms with Gasteiger partial charge in [-0.05, 0) is 18.4 Å². The van der Waals surface area contributed by atoms with Crippen molar-refractivity contribution in [2.45, 2.75) is 26.2 Å². The summed E-state index contributed by atoms with van der Waals surface area (Å²) in [5, 5.41) is 10.6. The van der Waals surface area contributed by atoms with Crippen LogP contribution in [0.4, 0.5) is 0 Å². The first-order chi connectivity index (χ1) is 9.47. The van der Waals surface area contributed by atoms with E-state index >= 15 is 0 Å². The Kier molecular flexibility index (Phi) is 6.36. The number of rotatable bonds is 7. The van der Waals surface area contributed by atoms with E-state index in [1.807, 2.05) is 30.3 Å². The third-order valence-electron chi connectivity index (χ3n) is 2.80. The molecule has 1 atom stereocenters. The Morgan fingerprint density at radius 2 is 1.95 bits per heavy atom. The zero-order chi connectivity index (χ0) is 15.0. The van der Waals surface area contributed by atoms with Crippen LogP contribution < -0.4 is 0 Å². The van der Waals surface area contributed by atoms with Crippen LogP contribution in [-0.2, 0) is 20.7 Å². The van der Waals surface area contributed by atoms with Gasteiger partial charge >= 0.3 is 11.9 Å². The minimum absolute atomic E-state index is 0.118. The number of benzene rings is 1. The number of ether oxygens (including phenoxy) is 1. The van der Waals surface area contributed by atoms with E-state index in [9.17, 15) is 19.7 Å². The fourth-order valence-corrected chi connectivity index (χ4v) is 1.92. The Balaban J connectivity index is 2.53. The molecule has 1 aromatic carbocycles. The van der Waals surface area contributed by atoms with Crippen LogP contribution in [0.15, 0.2) is 30.3 Å². The second-order valence-corrected chi connectivity index (χ2v) is 4.58. The molecule has 0 amide bonds. The maximum absolute atomic E-state index is 11.4. The predicted octanol–water partition coefficient (Wildman–Crippen LogP) is 1.99. The van der Waals surface area contributed by atoms with Gasteiger partial charge in [-0.15, -0.1) is 0 Å². The smallest absolute Gasteiger partial charge is 0.313 e. The molecule has 1 rings (SSSR count). The van der Waals surface area contributed by atoms with Crippen molar-refractivity contribution in [2.24, 2.45) is 5.92 Å². The van der Waals surface area contributed by atoms with Gasteiger partial charge < -0.3 is 4.74 Å². The van der Waals surface area contributed by atoms with E-state index in [1.165, 1.54) is 0 Å². The van der Waals surface area contributed by atoms with Gasteiger partial charge in [0.1, 0.15) is 0 Å². The maximum atomic E-state index is 11.4. The summed E-state index contributed by atoms with van der Waals surface area (Å²) in [4.78, 5) is 32.2. The lowest BCUT2D eigenvalue weighted by Gasteiger charge is -2.11. The standard InChI is InChI=1S/C14H17NO5/c1-11(16)20-14(17)9-13(10-15(18)19)8-7-12-5-3-2-4-6-12/h2-6,13H,7-10H2,1H3. The van der Waals surface area contributed by atoms with Gasteiger partial charge in [-0.1, -0.05) is 30.3 Å². The number of nitro groups is 1. The zero-order valence-electron chi connectivity index (χ0n) is 11.3. The first kappa shape index (κ1) is 15.8. The first-order valence-electron chi connectivity index (χ1n) is 6.34. The number of hydrogen-bond donors (Lipinski definition) is 0. The molecule has 20 heavy (non-hydrogen) atoms. The summed E-state index contributed by atoms with van der Waals surface area (Å²) in [6.45, 7) is 0.824. The molecular formula is C14H17NO5. The van der Waals surface area contributed by atoms with Crippen molar-refractivity contribution in [2.75, 3.05) is 6.54 Å². The van der Waals surface area contributed by atoms with E-state index in [2.05, 4.69) is 4.74 Å². The summed E-state index contributed by atoms with van der Waals surface area (Å²) in [6, 6.07) is 9.53. The molecule has 0 saturated carbocycles. The predicted molar refractivity (Wildman–Crippen MR) is 71.5 cm³/mol. The highest BCUT2D eigenvalue weighted by Gasteiger charge is 2.21. The summed E-state index contributed by atoms with van der Waals surface area (Å²) < 4.78 is 4.41. The molecule has 0 spiro atoms. The van der Waals surface area contributed by atoms with Crippen molar-refractivity contribution >= 4 is 11.9 Å². The molecule has 6 heteroatoms. The van der Waals surface area contributed by atoms with E-state index in [4.69, 9.17) is 0 Å². The molecule has 1 aromatic rings. The number of carbonyl (C=O) groups excluding carboxylic acids is 2. The van der Waals surface area contributed by atoms with Gasteiger partial charge in [0.25, 0.3) is 0 Å². The van der Waals surface area contributed by atoms with E-state index in [0.29, 0.717) is 12.8 Å². The second-order valence-electron chi connectivity index (χ2n) is 4.58. The van der Waals surface area contributed by atoms with Crippen molar-refractivity contribution in [3.8, 4) is 0 Å². The number of esters is 2. The summed E-state index contributed by atoms with van der Waals surface area (Å²) in [7, 11) is 0. The number of aryl methyl sites for hydroxylation is 1. The zero-order valence-corrected chi connectivity index (χ0v) is 11.3. The highest BCUT2D eigenvalue weighted by Crippen LogP contribution is 2.14. The summed E-state index contributed by atoms with van der Waals surface area (Å²) >= 11 is 0. The van der Waals surface area contributed by atoms with Gasteiger partial charge in [-0.3, -0.25) is 19.7 Å². The van der Waals surface area contributed by atoms with E-state index < -0.39 is 22.8 Å². The molecule has 0 saturated heterocycles. The van der Waals surface area contributed by atoms with Crippen LogP contribution >= 0.6 is 0 Å². The van der Waals surface area contributed by atoms with E-state index in [0.717, 1.165) is 12.5 Å². The molecule has 1 unspecified atom stereocenters. The average Bonchev–Trinajstić information content (AvgIpc) is 2.35. The second kappa shape index (κ2) is 8.04. The molecule has 0 aromatic heterocycles. The van der Waals surface area contributed by atoms with Gasteiger partial charge in [0.2, 0.25) is 6.54 Å². The summed E-state index contributed by atoms with van der Waals surface area (Å²) in [6.07, 6.45) is 1.03. The molecular weight excluding hydrogens is 262 g/mol. The lowest BCUT2D eigenvalue weighted by Crippen LogP contribution is -2.21. The Bertz CT molecular complexity index is 472. The quantitative estimate of drug-likeness (QED) is 0.330. The largest absolute Gasteiger partial charge is 0.393 e. The molecule has 0 aliphatic heterocycles. The van der Waals surface area contributed by atoms with Crippen LogP contribution in [0.2, 0.25) is 0 Å². The fourth-order valence-electron chi connectivity index (χ4n) is 1.92. The van der Waals surface area contributed by atoms with Gasteiger partial charge in [0.15, 0.2) is 0 Å². The van der Waals surface area contributed by atoms with Crippen molar-refractivity contribution < 1.29 is 19.2 Å². The third kappa shape index (κ3) is 6.63. The van der Waals surface area contributed by atoms with Crippen molar-refractivity contribution in [1.82, 2.24) is 0 Å². The van der Waals surface area contributed by atoms with Crippen LogP contribution in [0.1, 0.15) is 25.3 Å². The van der Waals surface area contributed by atoms with Crippen molar-refractivity contribution in [3.05, 3.63) is 46.0 Å². The molecule has 6 nitrogen and oxygen atoms in total. The summed E-state index contributed by atoms with van der Waals surface area (Å²) in [5.41, 5.74) is 1.06. The number of carbonyl (C=O) groups is 2. The minimum atomic E-state index is -0.711. The molecule has 0 fully saturated rings. The molecule has 0 heterocycles. The monoisotopic (exact) mass is 279 g/mol. The lowest BCUT2D eigenvalue weighted by molar-refractivity contribution is -0.488. The molecule has 0 aliphatic rings. The minimum Gasteiger partial charge on any atom is -0.393 e. The molecule has 0 N–H and O–H groups in total.